The van der Waals surface area contributed by atoms with Gasteiger partial charge in [-0.1, -0.05) is 43.8 Å². The average molecular weight is 1280 g/mol. The second-order valence-electron chi connectivity index (χ2n) is 22.5. The van der Waals surface area contributed by atoms with Crippen molar-refractivity contribution in [1.29, 1.82) is 0 Å². The fourth-order valence-electron chi connectivity index (χ4n) is 11.4. The summed E-state index contributed by atoms with van der Waals surface area (Å²) in [5, 5.41) is 12.7. The predicted octanol–water partition coefficient (Wildman–Crippen LogP) is 2.31. The molecule has 2 unspecified atom stereocenters. The Morgan fingerprint density at radius 2 is 1.14 bits per heavy atom. The normalized spacial score (nSPS) is 18.9. The van der Waals surface area contributed by atoms with Gasteiger partial charge in [-0.05, 0) is 131 Å². The third-order valence-corrected chi connectivity index (χ3v) is 17.1. The van der Waals surface area contributed by atoms with Crippen molar-refractivity contribution in [1.82, 2.24) is 58.0 Å². The Balaban J connectivity index is 0.000000203. The van der Waals surface area contributed by atoms with Crippen LogP contribution in [-0.4, -0.2) is 135 Å². The van der Waals surface area contributed by atoms with Crippen LogP contribution in [0, 0.1) is 13.8 Å². The molecule has 6 aromatic heterocycles. The number of rotatable bonds is 7. The fraction of sp³-hybridized carbons (Fsp3) is 0.450. The number of benzene rings is 2. The molecule has 3 fully saturated rings. The Kier molecular flexibility index (Phi) is 23.6. The van der Waals surface area contributed by atoms with E-state index in [0.29, 0.717) is 24.9 Å². The minimum Gasteiger partial charge on any atom is -1.00 e. The van der Waals surface area contributed by atoms with Gasteiger partial charge in [0.2, 0.25) is 11.8 Å². The number of likely N-dealkylation sites (N-methyl/N-ethyl adjacent to an activating group) is 2. The minimum absolute atomic E-state index is 0. The molecule has 3 saturated heterocycles. The van der Waals surface area contributed by atoms with Crippen molar-refractivity contribution in [3.63, 3.8) is 0 Å². The maximum absolute atomic E-state index is 12.9. The summed E-state index contributed by atoms with van der Waals surface area (Å²) in [5.41, 5.74) is 6.41. The van der Waals surface area contributed by atoms with Crippen LogP contribution in [0.25, 0.3) is 44.4 Å². The number of carbonyl (C=O) groups is 3. The molecule has 0 N–H and O–H groups in total. The molecule has 5 aliphatic rings. The van der Waals surface area contributed by atoms with E-state index in [9.17, 15) is 9.59 Å². The van der Waals surface area contributed by atoms with E-state index in [-0.39, 0.29) is 153 Å². The molecule has 0 bridgehead atoms. The van der Waals surface area contributed by atoms with E-state index in [1.54, 1.807) is 17.6 Å². The van der Waals surface area contributed by atoms with E-state index >= 15 is 0 Å². The summed E-state index contributed by atoms with van der Waals surface area (Å²) < 4.78 is 32.5. The van der Waals surface area contributed by atoms with Crippen molar-refractivity contribution in [3.05, 3.63) is 125 Å². The molecule has 5 aliphatic heterocycles. The van der Waals surface area contributed by atoms with E-state index in [0.717, 1.165) is 141 Å². The van der Waals surface area contributed by atoms with E-state index < -0.39 is 7.12 Å². The van der Waals surface area contributed by atoms with Gasteiger partial charge < -0.3 is 49.3 Å². The zero-order valence-electron chi connectivity index (χ0n) is 51.0. The minimum atomic E-state index is -0.392. The summed E-state index contributed by atoms with van der Waals surface area (Å²) in [6.45, 7) is 20.2. The molecule has 440 valence electrons. The largest absolute Gasteiger partial charge is 1.00 e. The van der Waals surface area contributed by atoms with Crippen molar-refractivity contribution in [2.24, 2.45) is 0 Å². The quantitative estimate of drug-likeness (QED) is 0.0967. The number of halogens is 1. The summed E-state index contributed by atoms with van der Waals surface area (Å²) in [7, 11) is 3.32. The summed E-state index contributed by atoms with van der Waals surface area (Å²) in [5.74, 6) is 4.71. The number of ether oxygens (including phenoxy) is 2. The number of hydrogen-bond acceptors (Lipinski definition) is 15. The summed E-state index contributed by atoms with van der Waals surface area (Å²) in [6.07, 6.45) is 15.1. The molecule has 2 atom stereocenters. The van der Waals surface area contributed by atoms with Crippen LogP contribution in [0.3, 0.4) is 0 Å². The van der Waals surface area contributed by atoms with Gasteiger partial charge in [0.15, 0.2) is 0 Å². The number of pyridine rings is 2. The maximum atomic E-state index is 12.9. The Morgan fingerprint density at radius 3 is 1.62 bits per heavy atom. The van der Waals surface area contributed by atoms with E-state index in [2.05, 4.69) is 114 Å². The Bertz CT molecular complexity index is 3640. The van der Waals surface area contributed by atoms with Gasteiger partial charge >= 0.3 is 110 Å². The number of aromatic nitrogens is 10. The molecular formula is C60H74BBrK2N12O9. The first-order valence-corrected chi connectivity index (χ1v) is 28.5. The van der Waals surface area contributed by atoms with Gasteiger partial charge in [-0.2, -0.15) is 0 Å². The molecule has 0 aliphatic carbocycles. The molecular weight excluding hydrogens is 1200 g/mol. The van der Waals surface area contributed by atoms with Gasteiger partial charge in [0, 0.05) is 88.1 Å². The number of nitrogens with zero attached hydrogens (tertiary/aromatic N) is 12. The molecule has 0 radical (unpaired) electrons. The standard InChI is InChI=1S/C26H28N6O2.C19H22BN3O2.C13H18BrN3O2.CH2O3.CH4.2K.H/c1-16-13-31(15-28-16)23-11-19-5-4-6-20(21(19)12-27-23)24-22-14-30(3)26(33)17(2)32(22)25(29-24)18-7-9-34-10-8-18;1-13-11-23(12-22-13)17-9-14-7-6-8-16(15(14)10-21-17)20-24-18(2,3)19(4,5)25-20;1-8-13(18)16(2)7-10-11(14)15-12(17(8)10)9-3-5-19-6-4-9;2-1-4-3;;;;/h4-6,11-13,15,17-18H,7-10,14H2,1-3H3;6-12H,1-5H3;8-9H,3-7H2,1-2H3;1,3H;1H4;;;/q;;;;;2*+1;-1/p-1. The number of hydrogen-bond donors (Lipinski definition) is 0. The number of aryl methyl sites for hydroxylation is 2. The van der Waals surface area contributed by atoms with Crippen LogP contribution in [0.15, 0.2) is 90.6 Å². The Morgan fingerprint density at radius 1 is 0.694 bits per heavy atom. The van der Waals surface area contributed by atoms with Gasteiger partial charge in [0.1, 0.15) is 52.6 Å². The second-order valence-corrected chi connectivity index (χ2v) is 23.3. The number of imidazole rings is 4. The van der Waals surface area contributed by atoms with Crippen LogP contribution in [0.1, 0.15) is 134 Å². The molecule has 8 aromatic rings. The maximum Gasteiger partial charge on any atom is 1.00 e. The fourth-order valence-corrected chi connectivity index (χ4v) is 11.9. The first-order valence-electron chi connectivity index (χ1n) is 27.7. The Hall–Kier alpha value is -3.87. The van der Waals surface area contributed by atoms with Gasteiger partial charge in [0.05, 0.1) is 52.8 Å². The second kappa shape index (κ2) is 29.2. The monoisotopic (exact) mass is 1270 g/mol. The SMILES string of the molecule is C.CC1C(=O)N(C)Cc2c(Br)nc(C3CCOCC3)n21.Cc1cn(-c2cc3cccc(-c4nc(C5CCOCC5)n5c4CN(C)C(=O)C5C)c3cn2)cn1.Cc1cn(-c2cc3cccc(B4OC(C)(C)C(C)(C)O4)c3cn2)cn1.O=CO[O-].[H-].[K+].[K+]. The van der Waals surface area contributed by atoms with Gasteiger partial charge in [-0.3, -0.25) is 23.5 Å². The molecule has 0 saturated carbocycles. The number of carbonyl (C=O) groups excluding carboxylic acids is 3. The molecule has 2 aromatic carbocycles. The summed E-state index contributed by atoms with van der Waals surface area (Å²) in [4.78, 5) is 67.7. The van der Waals surface area contributed by atoms with Crippen LogP contribution in [-0.2, 0) is 51.1 Å². The van der Waals surface area contributed by atoms with E-state index in [4.69, 9.17) is 38.8 Å². The van der Waals surface area contributed by atoms with E-state index in [1.165, 1.54) is 0 Å². The van der Waals surface area contributed by atoms with Crippen LogP contribution >= 0.6 is 15.9 Å². The van der Waals surface area contributed by atoms with Crippen LogP contribution < -0.4 is 113 Å². The zero-order chi connectivity index (χ0) is 58.2. The first kappa shape index (κ1) is 68.6. The zero-order valence-corrected chi connectivity index (χ0v) is 57.9. The van der Waals surface area contributed by atoms with Crippen molar-refractivity contribution in [3.8, 4) is 22.9 Å². The summed E-state index contributed by atoms with van der Waals surface area (Å²) in [6, 6.07) is 16.2. The van der Waals surface area contributed by atoms with Gasteiger partial charge in [0.25, 0.3) is 6.47 Å². The van der Waals surface area contributed by atoms with Crippen molar-refractivity contribution >= 4 is 68.3 Å². The van der Waals surface area contributed by atoms with Crippen LogP contribution in [0.2, 0.25) is 0 Å². The topological polar surface area (TPSA) is 224 Å². The van der Waals surface area contributed by atoms with Crippen LogP contribution in [0.4, 0.5) is 0 Å². The van der Waals surface area contributed by atoms with Crippen molar-refractivity contribution in [2.45, 2.75) is 137 Å². The Labute approximate surface area is 591 Å². The molecule has 21 nitrogen and oxygen atoms in total. The molecule has 11 heterocycles. The predicted molar refractivity (Wildman–Crippen MR) is 317 cm³/mol. The smallest absolute Gasteiger partial charge is 1.00 e. The summed E-state index contributed by atoms with van der Waals surface area (Å²) >= 11 is 3.54. The van der Waals surface area contributed by atoms with Crippen LogP contribution in [0.5, 0.6) is 0 Å². The number of amides is 2. The molecule has 2 amide bonds. The molecule has 25 heteroatoms. The first-order chi connectivity index (χ1) is 39.3. The third-order valence-electron chi connectivity index (χ3n) is 16.5. The van der Waals surface area contributed by atoms with Crippen molar-refractivity contribution in [2.75, 3.05) is 40.5 Å². The number of fused-ring (bicyclic) bond motifs is 4. The average Bonchev–Trinajstić information content (AvgIpc) is 2.28. The van der Waals surface area contributed by atoms with Gasteiger partial charge in [-0.25, -0.2) is 29.9 Å². The molecule has 13 rings (SSSR count). The van der Waals surface area contributed by atoms with Gasteiger partial charge in [-0.15, -0.1) is 0 Å². The third kappa shape index (κ3) is 14.4. The molecule has 0 spiro atoms. The molecule has 85 heavy (non-hydrogen) atoms. The van der Waals surface area contributed by atoms with E-state index in [1.807, 2.05) is 92.7 Å². The van der Waals surface area contributed by atoms with Crippen molar-refractivity contribution < 1.29 is 148 Å².